The number of hydrogen-bond donors (Lipinski definition) is 1. The first-order valence-electron chi connectivity index (χ1n) is 7.28. The molecule has 0 bridgehead atoms. The summed E-state index contributed by atoms with van der Waals surface area (Å²) >= 11 is 0. The predicted molar refractivity (Wildman–Crippen MR) is 74.6 cm³/mol. The maximum atomic E-state index is 11.4. The molecule has 0 spiro atoms. The Kier molecular flexibility index (Phi) is 5.04. The lowest BCUT2D eigenvalue weighted by Gasteiger charge is -2.21. The number of sulfone groups is 1. The molecule has 2 atom stereocenters. The molecule has 2 unspecified atom stereocenters. The Labute approximate surface area is 111 Å². The van der Waals surface area contributed by atoms with Gasteiger partial charge in [0.2, 0.25) is 0 Å². The van der Waals surface area contributed by atoms with E-state index in [0.717, 1.165) is 19.4 Å². The number of likely N-dealkylation sites (tertiary alicyclic amines) is 1. The number of nitrogens with zero attached hydrogens (tertiary/aromatic N) is 1. The van der Waals surface area contributed by atoms with Crippen molar-refractivity contribution in [3.8, 4) is 0 Å². The third kappa shape index (κ3) is 4.21. The van der Waals surface area contributed by atoms with Gasteiger partial charge in [-0.05, 0) is 51.7 Å². The molecule has 4 nitrogen and oxygen atoms in total. The van der Waals surface area contributed by atoms with Gasteiger partial charge in [0, 0.05) is 12.1 Å². The van der Waals surface area contributed by atoms with Gasteiger partial charge in [0.05, 0.1) is 11.5 Å². The SMILES string of the molecule is CCCN1CCCC(NC2CCS(=O)(=O)C2)CC1. The highest BCUT2D eigenvalue weighted by Crippen LogP contribution is 2.16. The fourth-order valence-corrected chi connectivity index (χ4v) is 4.81. The Morgan fingerprint density at radius 1 is 1.17 bits per heavy atom. The second kappa shape index (κ2) is 6.35. The van der Waals surface area contributed by atoms with E-state index >= 15 is 0 Å². The largest absolute Gasteiger partial charge is 0.310 e. The van der Waals surface area contributed by atoms with Crippen molar-refractivity contribution < 1.29 is 8.42 Å². The molecule has 2 heterocycles. The van der Waals surface area contributed by atoms with Crippen LogP contribution in [0.25, 0.3) is 0 Å². The van der Waals surface area contributed by atoms with Crippen LogP contribution in [0.5, 0.6) is 0 Å². The Morgan fingerprint density at radius 3 is 2.67 bits per heavy atom. The van der Waals surface area contributed by atoms with Crippen LogP contribution in [-0.2, 0) is 9.84 Å². The minimum atomic E-state index is -2.75. The van der Waals surface area contributed by atoms with E-state index in [4.69, 9.17) is 0 Å². The zero-order chi connectivity index (χ0) is 13.0. The molecule has 2 aliphatic rings. The molecule has 2 saturated heterocycles. The van der Waals surface area contributed by atoms with Crippen LogP contribution in [0.1, 0.15) is 39.0 Å². The maximum absolute atomic E-state index is 11.4. The van der Waals surface area contributed by atoms with Crippen LogP contribution in [0, 0.1) is 0 Å². The lowest BCUT2D eigenvalue weighted by atomic mass is 10.1. The van der Waals surface area contributed by atoms with Crippen molar-refractivity contribution in [1.29, 1.82) is 0 Å². The molecule has 18 heavy (non-hydrogen) atoms. The normalized spacial score (nSPS) is 33.4. The summed E-state index contributed by atoms with van der Waals surface area (Å²) in [6.45, 7) is 5.79. The maximum Gasteiger partial charge on any atom is 0.151 e. The summed E-state index contributed by atoms with van der Waals surface area (Å²) in [4.78, 5) is 2.53. The van der Waals surface area contributed by atoms with Crippen molar-refractivity contribution in [3.05, 3.63) is 0 Å². The summed E-state index contributed by atoms with van der Waals surface area (Å²) in [6.07, 6.45) is 5.61. The molecule has 0 aromatic carbocycles. The van der Waals surface area contributed by atoms with Crippen molar-refractivity contribution >= 4 is 9.84 Å². The van der Waals surface area contributed by atoms with Gasteiger partial charge in [0.25, 0.3) is 0 Å². The van der Waals surface area contributed by atoms with Gasteiger partial charge in [-0.25, -0.2) is 8.42 Å². The number of rotatable bonds is 4. The number of nitrogens with one attached hydrogen (secondary N) is 1. The van der Waals surface area contributed by atoms with Gasteiger partial charge in [0.15, 0.2) is 9.84 Å². The third-order valence-corrected chi connectivity index (χ3v) is 5.83. The van der Waals surface area contributed by atoms with E-state index in [1.54, 1.807) is 0 Å². The minimum Gasteiger partial charge on any atom is -0.310 e. The van der Waals surface area contributed by atoms with E-state index in [2.05, 4.69) is 17.1 Å². The molecule has 2 aliphatic heterocycles. The Hall–Kier alpha value is -0.130. The second-order valence-electron chi connectivity index (χ2n) is 5.74. The van der Waals surface area contributed by atoms with E-state index in [1.165, 1.54) is 32.4 Å². The van der Waals surface area contributed by atoms with Crippen molar-refractivity contribution in [2.24, 2.45) is 0 Å². The summed E-state index contributed by atoms with van der Waals surface area (Å²) in [6, 6.07) is 0.725. The topological polar surface area (TPSA) is 49.4 Å². The third-order valence-electron chi connectivity index (χ3n) is 4.06. The lowest BCUT2D eigenvalue weighted by Crippen LogP contribution is -2.39. The van der Waals surface area contributed by atoms with Crippen LogP contribution in [0.3, 0.4) is 0 Å². The van der Waals surface area contributed by atoms with E-state index in [-0.39, 0.29) is 6.04 Å². The van der Waals surface area contributed by atoms with Gasteiger partial charge in [-0.1, -0.05) is 6.92 Å². The Morgan fingerprint density at radius 2 is 2.00 bits per heavy atom. The number of hydrogen-bond acceptors (Lipinski definition) is 4. The van der Waals surface area contributed by atoms with Crippen molar-refractivity contribution in [2.45, 2.75) is 51.1 Å². The first-order chi connectivity index (χ1) is 8.59. The Balaban J connectivity index is 1.77. The first-order valence-corrected chi connectivity index (χ1v) is 9.10. The second-order valence-corrected chi connectivity index (χ2v) is 7.96. The summed E-state index contributed by atoms with van der Waals surface area (Å²) in [5, 5.41) is 3.57. The molecule has 0 aromatic rings. The summed E-state index contributed by atoms with van der Waals surface area (Å²) in [5.74, 6) is 0.724. The molecule has 1 N–H and O–H groups in total. The van der Waals surface area contributed by atoms with Crippen LogP contribution in [0.2, 0.25) is 0 Å². The van der Waals surface area contributed by atoms with Crippen LogP contribution < -0.4 is 5.32 Å². The van der Waals surface area contributed by atoms with Crippen molar-refractivity contribution in [2.75, 3.05) is 31.1 Å². The molecule has 0 amide bonds. The van der Waals surface area contributed by atoms with Crippen LogP contribution in [0.4, 0.5) is 0 Å². The lowest BCUT2D eigenvalue weighted by molar-refractivity contribution is 0.281. The van der Waals surface area contributed by atoms with Crippen molar-refractivity contribution in [1.82, 2.24) is 10.2 Å². The molecule has 106 valence electrons. The van der Waals surface area contributed by atoms with Gasteiger partial charge in [-0.3, -0.25) is 0 Å². The predicted octanol–water partition coefficient (Wildman–Crippen LogP) is 1.03. The molecule has 2 rings (SSSR count). The minimum absolute atomic E-state index is 0.206. The van der Waals surface area contributed by atoms with Gasteiger partial charge in [-0.15, -0.1) is 0 Å². The standard InChI is InChI=1S/C13H26N2O2S/c1-2-7-15-8-3-4-12(5-9-15)14-13-6-10-18(16,17)11-13/h12-14H,2-11H2,1H3. The zero-order valence-corrected chi connectivity index (χ0v) is 12.2. The van der Waals surface area contributed by atoms with E-state index in [9.17, 15) is 8.42 Å². The summed E-state index contributed by atoms with van der Waals surface area (Å²) in [5.41, 5.74) is 0. The monoisotopic (exact) mass is 274 g/mol. The smallest absolute Gasteiger partial charge is 0.151 e. The Bertz CT molecular complexity index is 356. The average Bonchev–Trinajstić information content (AvgIpc) is 2.51. The van der Waals surface area contributed by atoms with Crippen LogP contribution in [0.15, 0.2) is 0 Å². The quantitative estimate of drug-likeness (QED) is 0.832. The molecule has 0 radical (unpaired) electrons. The average molecular weight is 274 g/mol. The van der Waals surface area contributed by atoms with E-state index in [0.29, 0.717) is 17.5 Å². The van der Waals surface area contributed by atoms with E-state index in [1.807, 2.05) is 0 Å². The molecule has 0 saturated carbocycles. The first kappa shape index (κ1) is 14.3. The van der Waals surface area contributed by atoms with Crippen LogP contribution >= 0.6 is 0 Å². The van der Waals surface area contributed by atoms with Gasteiger partial charge in [-0.2, -0.15) is 0 Å². The molecular weight excluding hydrogens is 248 g/mol. The summed E-state index contributed by atoms with van der Waals surface area (Å²) in [7, 11) is -2.75. The van der Waals surface area contributed by atoms with E-state index < -0.39 is 9.84 Å². The molecule has 5 heteroatoms. The fraction of sp³-hybridized carbons (Fsp3) is 1.00. The molecule has 2 fully saturated rings. The summed E-state index contributed by atoms with van der Waals surface area (Å²) < 4.78 is 22.9. The fourth-order valence-electron chi connectivity index (χ4n) is 3.12. The van der Waals surface area contributed by atoms with Gasteiger partial charge < -0.3 is 10.2 Å². The highest BCUT2D eigenvalue weighted by Gasteiger charge is 2.29. The van der Waals surface area contributed by atoms with Gasteiger partial charge in [0.1, 0.15) is 0 Å². The van der Waals surface area contributed by atoms with Gasteiger partial charge >= 0.3 is 0 Å². The zero-order valence-electron chi connectivity index (χ0n) is 11.4. The van der Waals surface area contributed by atoms with Crippen molar-refractivity contribution in [3.63, 3.8) is 0 Å². The molecule has 0 aromatic heterocycles. The highest BCUT2D eigenvalue weighted by atomic mass is 32.2. The highest BCUT2D eigenvalue weighted by molar-refractivity contribution is 7.91. The molecule has 0 aliphatic carbocycles. The molecular formula is C13H26N2O2S. The van der Waals surface area contributed by atoms with Crippen LogP contribution in [-0.4, -0.2) is 56.5 Å².